The van der Waals surface area contributed by atoms with Gasteiger partial charge < -0.3 is 20.1 Å². The van der Waals surface area contributed by atoms with E-state index in [9.17, 15) is 22.8 Å². The van der Waals surface area contributed by atoms with E-state index < -0.39 is 11.7 Å². The summed E-state index contributed by atoms with van der Waals surface area (Å²) in [5.74, 6) is -0.249. The van der Waals surface area contributed by atoms with Crippen molar-refractivity contribution in [2.24, 2.45) is 0 Å². The number of fused-ring (bicyclic) bond motifs is 1. The van der Waals surface area contributed by atoms with Gasteiger partial charge in [0.15, 0.2) is 0 Å². The Morgan fingerprint density at radius 1 is 0.900 bits per heavy atom. The third-order valence-corrected chi connectivity index (χ3v) is 7.17. The molecule has 2 N–H and O–H groups in total. The summed E-state index contributed by atoms with van der Waals surface area (Å²) >= 11 is 0. The first-order chi connectivity index (χ1) is 19.3. The Bertz CT molecular complexity index is 1450. The molecule has 0 spiro atoms. The lowest BCUT2D eigenvalue weighted by Gasteiger charge is -2.28. The number of H-pyrrole nitrogens is 1. The highest BCUT2D eigenvalue weighted by molar-refractivity contribution is 5.85. The van der Waals surface area contributed by atoms with Crippen LogP contribution in [0.25, 0.3) is 10.9 Å². The number of halogens is 3. The number of para-hydroxylation sites is 1. The fourth-order valence-corrected chi connectivity index (χ4v) is 4.78. The maximum absolute atomic E-state index is 13.6. The molecule has 6 nitrogen and oxygen atoms in total. The van der Waals surface area contributed by atoms with Crippen molar-refractivity contribution < 1.29 is 22.8 Å². The Balaban J connectivity index is 1.30. The highest BCUT2D eigenvalue weighted by Crippen LogP contribution is 2.30. The normalized spacial score (nSPS) is 13.3. The fourth-order valence-electron chi connectivity index (χ4n) is 4.78. The van der Waals surface area contributed by atoms with Gasteiger partial charge in [0.25, 0.3) is 0 Å². The molecule has 3 amide bonds. The van der Waals surface area contributed by atoms with Gasteiger partial charge in [0.2, 0.25) is 5.91 Å². The largest absolute Gasteiger partial charge is 0.416 e. The lowest BCUT2D eigenvalue weighted by Crippen LogP contribution is -2.47. The lowest BCUT2D eigenvalue weighted by atomic mass is 10.1. The molecular weight excluding hydrogens is 517 g/mol. The summed E-state index contributed by atoms with van der Waals surface area (Å²) < 4.78 is 39.2. The Morgan fingerprint density at radius 2 is 1.60 bits per heavy atom. The van der Waals surface area contributed by atoms with Gasteiger partial charge in [-0.2, -0.15) is 13.2 Å². The second-order valence-corrected chi connectivity index (χ2v) is 10.1. The van der Waals surface area contributed by atoms with Crippen molar-refractivity contribution in [2.45, 2.75) is 44.6 Å². The van der Waals surface area contributed by atoms with Crippen LogP contribution in [0.5, 0.6) is 0 Å². The summed E-state index contributed by atoms with van der Waals surface area (Å²) in [6, 6.07) is 22.0. The van der Waals surface area contributed by atoms with Crippen molar-refractivity contribution in [3.63, 3.8) is 0 Å². The summed E-state index contributed by atoms with van der Waals surface area (Å²) in [6.45, 7) is 0.752. The molecule has 5 rings (SSSR count). The summed E-state index contributed by atoms with van der Waals surface area (Å²) in [4.78, 5) is 33.2. The number of carbonyl (C=O) groups is 2. The molecule has 1 saturated carbocycles. The van der Waals surface area contributed by atoms with Crippen LogP contribution in [0.3, 0.4) is 0 Å². The standard InChI is InChI=1S/C31H31F3N4O2/c32-31(33,34)25-12-10-23(11-13-25)20-37(17-16-24-19-35-28-9-5-4-8-27(24)28)29(39)21-38(26-14-15-26)30(40)36-18-22-6-2-1-3-7-22/h1-13,19,26,35H,14-18,20-21H2,(H,36,40). The summed E-state index contributed by atoms with van der Waals surface area (Å²) in [5, 5.41) is 3.97. The van der Waals surface area contributed by atoms with E-state index in [0.717, 1.165) is 47.0 Å². The molecule has 0 radical (unpaired) electrons. The van der Waals surface area contributed by atoms with Crippen molar-refractivity contribution in [3.8, 4) is 0 Å². The van der Waals surface area contributed by atoms with Crippen LogP contribution >= 0.6 is 0 Å². The van der Waals surface area contributed by atoms with Crippen molar-refractivity contribution in [2.75, 3.05) is 13.1 Å². The number of nitrogens with one attached hydrogen (secondary N) is 2. The Hall–Kier alpha value is -4.27. The molecule has 0 atom stereocenters. The minimum atomic E-state index is -4.43. The molecular formula is C31H31F3N4O2. The first kappa shape index (κ1) is 27.3. The highest BCUT2D eigenvalue weighted by Gasteiger charge is 2.35. The van der Waals surface area contributed by atoms with Gasteiger partial charge in [-0.3, -0.25) is 4.79 Å². The van der Waals surface area contributed by atoms with Crippen LogP contribution in [0, 0.1) is 0 Å². The lowest BCUT2D eigenvalue weighted by molar-refractivity contribution is -0.137. The number of aromatic amines is 1. The van der Waals surface area contributed by atoms with Crippen molar-refractivity contribution in [1.82, 2.24) is 20.1 Å². The number of amides is 3. The Kier molecular flexibility index (Phi) is 8.09. The minimum Gasteiger partial charge on any atom is -0.361 e. The molecule has 1 aromatic heterocycles. The van der Waals surface area contributed by atoms with Gasteiger partial charge in [-0.15, -0.1) is 0 Å². The monoisotopic (exact) mass is 548 g/mol. The molecule has 0 saturated heterocycles. The van der Waals surface area contributed by atoms with E-state index in [1.165, 1.54) is 12.1 Å². The highest BCUT2D eigenvalue weighted by atomic mass is 19.4. The number of hydrogen-bond donors (Lipinski definition) is 2. The summed E-state index contributed by atoms with van der Waals surface area (Å²) in [5.41, 5.74) is 2.85. The molecule has 3 aromatic carbocycles. The molecule has 1 aliphatic carbocycles. The van der Waals surface area contributed by atoms with Gasteiger partial charge in [-0.1, -0.05) is 60.7 Å². The molecule has 1 aliphatic rings. The molecule has 40 heavy (non-hydrogen) atoms. The number of urea groups is 1. The zero-order chi connectivity index (χ0) is 28.1. The minimum absolute atomic E-state index is 0.00117. The third-order valence-electron chi connectivity index (χ3n) is 7.17. The number of benzene rings is 3. The van der Waals surface area contributed by atoms with Crippen molar-refractivity contribution >= 4 is 22.8 Å². The molecule has 208 valence electrons. The second kappa shape index (κ2) is 11.9. The van der Waals surface area contributed by atoms with Gasteiger partial charge >= 0.3 is 12.2 Å². The molecule has 0 bridgehead atoms. The summed E-state index contributed by atoms with van der Waals surface area (Å²) in [7, 11) is 0. The molecule has 1 heterocycles. The van der Waals surface area contributed by atoms with Gasteiger partial charge in [-0.05, 0) is 54.2 Å². The number of rotatable bonds is 10. The zero-order valence-electron chi connectivity index (χ0n) is 22.0. The van der Waals surface area contributed by atoms with Crippen molar-refractivity contribution in [1.29, 1.82) is 0 Å². The van der Waals surface area contributed by atoms with Crippen LogP contribution in [-0.4, -0.2) is 45.9 Å². The zero-order valence-corrected chi connectivity index (χ0v) is 22.0. The molecule has 4 aromatic rings. The van der Waals surface area contributed by atoms with Gasteiger partial charge in [0, 0.05) is 42.8 Å². The van der Waals surface area contributed by atoms with Crippen LogP contribution < -0.4 is 5.32 Å². The topological polar surface area (TPSA) is 68.4 Å². The number of nitrogens with zero attached hydrogens (tertiary/aromatic N) is 2. The van der Waals surface area contributed by atoms with Crippen LogP contribution in [0.4, 0.5) is 18.0 Å². The number of carbonyl (C=O) groups excluding carboxylic acids is 2. The van der Waals surface area contributed by atoms with Gasteiger partial charge in [0.05, 0.1) is 5.56 Å². The number of aromatic nitrogens is 1. The average molecular weight is 549 g/mol. The van der Waals surface area contributed by atoms with Crippen LogP contribution in [-0.2, 0) is 30.5 Å². The van der Waals surface area contributed by atoms with E-state index in [1.807, 2.05) is 60.8 Å². The average Bonchev–Trinajstić information content (AvgIpc) is 3.72. The number of alkyl halides is 3. The van der Waals surface area contributed by atoms with E-state index in [-0.39, 0.29) is 31.1 Å². The predicted molar refractivity (Wildman–Crippen MR) is 147 cm³/mol. The quantitative estimate of drug-likeness (QED) is 0.250. The van der Waals surface area contributed by atoms with Crippen LogP contribution in [0.2, 0.25) is 0 Å². The Morgan fingerprint density at radius 3 is 2.30 bits per heavy atom. The molecule has 9 heteroatoms. The van der Waals surface area contributed by atoms with Crippen molar-refractivity contribution in [3.05, 3.63) is 107 Å². The molecule has 0 unspecified atom stereocenters. The first-order valence-electron chi connectivity index (χ1n) is 13.4. The van der Waals surface area contributed by atoms with Crippen LogP contribution in [0.15, 0.2) is 85.1 Å². The maximum atomic E-state index is 13.6. The third kappa shape index (κ3) is 6.83. The van der Waals surface area contributed by atoms with E-state index in [4.69, 9.17) is 0 Å². The SMILES string of the molecule is O=C(CN(C(=O)NCc1ccccc1)C1CC1)N(CCc1c[nH]c2ccccc12)Cc1ccc(C(F)(F)F)cc1. The predicted octanol–water partition coefficient (Wildman–Crippen LogP) is 6.13. The fraction of sp³-hybridized carbons (Fsp3) is 0.290. The smallest absolute Gasteiger partial charge is 0.361 e. The first-order valence-corrected chi connectivity index (χ1v) is 13.4. The van der Waals surface area contributed by atoms with Crippen LogP contribution in [0.1, 0.15) is 35.1 Å². The molecule has 1 fully saturated rings. The van der Waals surface area contributed by atoms with E-state index in [2.05, 4.69) is 10.3 Å². The van der Waals surface area contributed by atoms with E-state index in [0.29, 0.717) is 25.1 Å². The maximum Gasteiger partial charge on any atom is 0.416 e. The summed E-state index contributed by atoms with van der Waals surface area (Å²) in [6.07, 6.45) is -0.291. The van der Waals surface area contributed by atoms with E-state index >= 15 is 0 Å². The number of hydrogen-bond acceptors (Lipinski definition) is 2. The van der Waals surface area contributed by atoms with E-state index in [1.54, 1.807) is 9.80 Å². The molecule has 0 aliphatic heterocycles. The van der Waals surface area contributed by atoms with Gasteiger partial charge in [-0.25, -0.2) is 4.79 Å². The Labute approximate surface area is 230 Å². The van der Waals surface area contributed by atoms with Gasteiger partial charge in [0.1, 0.15) is 6.54 Å². The second-order valence-electron chi connectivity index (χ2n) is 10.1.